The maximum absolute atomic E-state index is 9.20. The highest BCUT2D eigenvalue weighted by atomic mass is 16.5. The molecule has 21 heavy (non-hydrogen) atoms. The quantitative estimate of drug-likeness (QED) is 0.884. The molecule has 0 fully saturated rings. The molecule has 0 saturated heterocycles. The second-order valence-electron chi connectivity index (χ2n) is 5.11. The van der Waals surface area contributed by atoms with Crippen LogP contribution in [0.2, 0.25) is 0 Å². The number of nitrogen functional groups attached to an aromatic ring is 1. The molecule has 1 aromatic carbocycles. The van der Waals surface area contributed by atoms with Crippen LogP contribution in [0, 0.1) is 18.3 Å². The molecule has 2 N–H and O–H groups in total. The lowest BCUT2D eigenvalue weighted by Crippen LogP contribution is -2.13. The zero-order valence-corrected chi connectivity index (χ0v) is 12.6. The first kappa shape index (κ1) is 15.0. The van der Waals surface area contributed by atoms with E-state index in [1.165, 1.54) is 5.56 Å². The molecular formula is C17H21N3O. The van der Waals surface area contributed by atoms with Gasteiger partial charge < -0.3 is 15.0 Å². The molecule has 0 bridgehead atoms. The van der Waals surface area contributed by atoms with Gasteiger partial charge >= 0.3 is 0 Å². The molecule has 1 aromatic heterocycles. The Bertz CT molecular complexity index is 635. The number of hydrogen-bond acceptors (Lipinski definition) is 3. The van der Waals surface area contributed by atoms with Gasteiger partial charge in [0.05, 0.1) is 12.2 Å². The molecular weight excluding hydrogens is 262 g/mol. The van der Waals surface area contributed by atoms with Crippen LogP contribution < -0.4 is 10.5 Å². The van der Waals surface area contributed by atoms with Crippen LogP contribution >= 0.6 is 0 Å². The van der Waals surface area contributed by atoms with Gasteiger partial charge in [-0.25, -0.2) is 0 Å². The standard InChI is InChI=1S/C17H21N3O/c1-3-4-17-16(19)11-14(12-18)20(17)9-10-21-15-7-5-13(2)6-8-15/h5-8,11H,3-4,9-10,19H2,1-2H3. The molecule has 0 amide bonds. The summed E-state index contributed by atoms with van der Waals surface area (Å²) in [6, 6.07) is 11.9. The van der Waals surface area contributed by atoms with Crippen LogP contribution in [-0.4, -0.2) is 11.2 Å². The van der Waals surface area contributed by atoms with E-state index in [9.17, 15) is 5.26 Å². The van der Waals surface area contributed by atoms with Gasteiger partial charge in [0.2, 0.25) is 0 Å². The van der Waals surface area contributed by atoms with Gasteiger partial charge in [0.15, 0.2) is 0 Å². The fourth-order valence-electron chi connectivity index (χ4n) is 2.36. The van der Waals surface area contributed by atoms with Crippen LogP contribution in [0.5, 0.6) is 5.75 Å². The van der Waals surface area contributed by atoms with Gasteiger partial charge in [0.1, 0.15) is 24.1 Å². The second kappa shape index (κ2) is 6.85. The summed E-state index contributed by atoms with van der Waals surface area (Å²) in [6.07, 6.45) is 1.87. The number of rotatable bonds is 6. The minimum atomic E-state index is 0.516. The summed E-state index contributed by atoms with van der Waals surface area (Å²) in [5.41, 5.74) is 9.52. The highest BCUT2D eigenvalue weighted by Gasteiger charge is 2.12. The zero-order chi connectivity index (χ0) is 15.2. The number of nitrogens with two attached hydrogens (primary N) is 1. The number of anilines is 1. The number of aromatic nitrogens is 1. The van der Waals surface area contributed by atoms with Gasteiger partial charge in [-0.05, 0) is 31.5 Å². The van der Waals surface area contributed by atoms with E-state index >= 15 is 0 Å². The van der Waals surface area contributed by atoms with Crippen LogP contribution in [0.1, 0.15) is 30.3 Å². The van der Waals surface area contributed by atoms with Gasteiger partial charge in [0, 0.05) is 5.69 Å². The largest absolute Gasteiger partial charge is 0.492 e. The van der Waals surface area contributed by atoms with Crippen LogP contribution in [-0.2, 0) is 13.0 Å². The first-order valence-corrected chi connectivity index (χ1v) is 7.23. The Kier molecular flexibility index (Phi) is 4.89. The maximum Gasteiger partial charge on any atom is 0.122 e. The Hall–Kier alpha value is -2.41. The fraction of sp³-hybridized carbons (Fsp3) is 0.353. The molecule has 0 unspecified atom stereocenters. The smallest absolute Gasteiger partial charge is 0.122 e. The Morgan fingerprint density at radius 3 is 2.62 bits per heavy atom. The first-order chi connectivity index (χ1) is 10.2. The van der Waals surface area contributed by atoms with Crippen molar-refractivity contribution in [3.05, 3.63) is 47.3 Å². The van der Waals surface area contributed by atoms with Crippen molar-refractivity contribution in [3.8, 4) is 11.8 Å². The van der Waals surface area contributed by atoms with Gasteiger partial charge in [-0.1, -0.05) is 31.0 Å². The predicted molar refractivity (Wildman–Crippen MR) is 84.2 cm³/mol. The molecule has 0 aliphatic carbocycles. The van der Waals surface area contributed by atoms with Crippen molar-refractivity contribution in [2.45, 2.75) is 33.2 Å². The summed E-state index contributed by atoms with van der Waals surface area (Å²) >= 11 is 0. The summed E-state index contributed by atoms with van der Waals surface area (Å²) in [6.45, 7) is 5.29. The summed E-state index contributed by atoms with van der Waals surface area (Å²) in [5.74, 6) is 0.844. The van der Waals surface area contributed by atoms with E-state index in [1.54, 1.807) is 6.07 Å². The minimum Gasteiger partial charge on any atom is -0.492 e. The molecule has 2 rings (SSSR count). The van der Waals surface area contributed by atoms with Crippen molar-refractivity contribution in [1.82, 2.24) is 4.57 Å². The van der Waals surface area contributed by atoms with E-state index < -0.39 is 0 Å². The number of aryl methyl sites for hydroxylation is 1. The average Bonchev–Trinajstić information content (AvgIpc) is 2.78. The molecule has 0 spiro atoms. The summed E-state index contributed by atoms with van der Waals surface area (Å²) < 4.78 is 7.70. The molecule has 2 aromatic rings. The van der Waals surface area contributed by atoms with E-state index in [-0.39, 0.29) is 0 Å². The van der Waals surface area contributed by atoms with Crippen LogP contribution in [0.4, 0.5) is 5.69 Å². The summed E-state index contributed by atoms with van der Waals surface area (Å²) in [5, 5.41) is 9.20. The van der Waals surface area contributed by atoms with Gasteiger partial charge in [-0.3, -0.25) is 0 Å². The Labute approximate surface area is 125 Å². The normalized spacial score (nSPS) is 10.3. The average molecular weight is 283 g/mol. The topological polar surface area (TPSA) is 64.0 Å². The van der Waals surface area contributed by atoms with Gasteiger partial charge in [0.25, 0.3) is 0 Å². The van der Waals surface area contributed by atoms with E-state index in [1.807, 2.05) is 35.8 Å². The van der Waals surface area contributed by atoms with Crippen molar-refractivity contribution in [2.24, 2.45) is 0 Å². The lowest BCUT2D eigenvalue weighted by atomic mass is 10.2. The lowest BCUT2D eigenvalue weighted by Gasteiger charge is -2.12. The van der Waals surface area contributed by atoms with E-state index in [0.29, 0.717) is 24.5 Å². The van der Waals surface area contributed by atoms with Crippen molar-refractivity contribution in [2.75, 3.05) is 12.3 Å². The third-order valence-electron chi connectivity index (χ3n) is 3.45. The van der Waals surface area contributed by atoms with E-state index in [2.05, 4.69) is 13.0 Å². The van der Waals surface area contributed by atoms with Crippen molar-refractivity contribution in [3.63, 3.8) is 0 Å². The van der Waals surface area contributed by atoms with Gasteiger partial charge in [-0.2, -0.15) is 5.26 Å². The second-order valence-corrected chi connectivity index (χ2v) is 5.11. The highest BCUT2D eigenvalue weighted by molar-refractivity contribution is 5.50. The number of benzene rings is 1. The molecule has 4 nitrogen and oxygen atoms in total. The predicted octanol–water partition coefficient (Wildman–Crippen LogP) is 3.28. The number of ether oxygens (including phenoxy) is 1. The SMILES string of the molecule is CCCc1c(N)cc(C#N)n1CCOc1ccc(C)cc1. The third-order valence-corrected chi connectivity index (χ3v) is 3.45. The molecule has 4 heteroatoms. The third kappa shape index (κ3) is 3.57. The van der Waals surface area contributed by atoms with E-state index in [0.717, 1.165) is 24.3 Å². The molecule has 0 aliphatic rings. The Morgan fingerprint density at radius 2 is 2.00 bits per heavy atom. The van der Waals surface area contributed by atoms with Gasteiger partial charge in [-0.15, -0.1) is 0 Å². The first-order valence-electron chi connectivity index (χ1n) is 7.23. The van der Waals surface area contributed by atoms with Crippen LogP contribution in [0.15, 0.2) is 30.3 Å². The van der Waals surface area contributed by atoms with E-state index in [4.69, 9.17) is 10.5 Å². The molecule has 1 heterocycles. The maximum atomic E-state index is 9.20. The Balaban J connectivity index is 2.05. The fourth-order valence-corrected chi connectivity index (χ4v) is 2.36. The summed E-state index contributed by atoms with van der Waals surface area (Å²) in [4.78, 5) is 0. The van der Waals surface area contributed by atoms with Crippen LogP contribution in [0.25, 0.3) is 0 Å². The molecule has 0 saturated carbocycles. The Morgan fingerprint density at radius 1 is 1.29 bits per heavy atom. The molecule has 110 valence electrons. The molecule has 0 atom stereocenters. The number of nitriles is 1. The van der Waals surface area contributed by atoms with Crippen molar-refractivity contribution in [1.29, 1.82) is 5.26 Å². The number of hydrogen-bond donors (Lipinski definition) is 1. The molecule has 0 aliphatic heterocycles. The van der Waals surface area contributed by atoms with Crippen molar-refractivity contribution < 1.29 is 4.74 Å². The monoisotopic (exact) mass is 283 g/mol. The lowest BCUT2D eigenvalue weighted by molar-refractivity contribution is 0.296. The molecule has 0 radical (unpaired) electrons. The zero-order valence-electron chi connectivity index (χ0n) is 12.6. The minimum absolute atomic E-state index is 0.516. The highest BCUT2D eigenvalue weighted by Crippen LogP contribution is 2.20. The van der Waals surface area contributed by atoms with Crippen LogP contribution in [0.3, 0.4) is 0 Å². The summed E-state index contributed by atoms with van der Waals surface area (Å²) in [7, 11) is 0. The van der Waals surface area contributed by atoms with Crippen molar-refractivity contribution >= 4 is 5.69 Å². The number of nitrogens with zero attached hydrogens (tertiary/aromatic N) is 2.